The van der Waals surface area contributed by atoms with Gasteiger partial charge < -0.3 is 4.74 Å². The molecule has 0 saturated heterocycles. The monoisotopic (exact) mass is 329 g/mol. The van der Waals surface area contributed by atoms with Crippen LogP contribution in [0.4, 0.5) is 36.8 Å². The van der Waals surface area contributed by atoms with Gasteiger partial charge in [-0.2, -0.15) is 26.3 Å². The van der Waals surface area contributed by atoms with Crippen LogP contribution in [0.3, 0.4) is 0 Å². The number of hydrogen-bond donors (Lipinski definition) is 0. The molecule has 0 heterocycles. The molecule has 1 aromatic rings. The number of amides is 1. The van der Waals surface area contributed by atoms with E-state index >= 15 is 0 Å². The maximum absolute atomic E-state index is 12.8. The molecular weight excluding hydrogens is 316 g/mol. The zero-order valence-electron chi connectivity index (χ0n) is 11.7. The standard InChI is InChI=1S/C13H13F6NO2/c1-3-20(11(21)22-4-2)10-6-8(12(14,15)16)5-9(7-10)13(17,18)19/h5-7H,3-4H2,1-2H3. The molecule has 1 amide bonds. The molecule has 0 saturated carbocycles. The number of alkyl halides is 6. The van der Waals surface area contributed by atoms with Gasteiger partial charge in [-0.3, -0.25) is 4.90 Å². The van der Waals surface area contributed by atoms with E-state index in [9.17, 15) is 31.1 Å². The first-order valence-corrected chi connectivity index (χ1v) is 6.24. The van der Waals surface area contributed by atoms with E-state index in [0.717, 1.165) is 0 Å². The Morgan fingerprint density at radius 2 is 1.45 bits per heavy atom. The zero-order chi connectivity index (χ0) is 17.1. The second-order valence-electron chi connectivity index (χ2n) is 4.21. The van der Waals surface area contributed by atoms with E-state index in [4.69, 9.17) is 0 Å². The molecule has 9 heteroatoms. The first kappa shape index (κ1) is 18.1. The molecule has 0 spiro atoms. The third-order valence-corrected chi connectivity index (χ3v) is 2.69. The van der Waals surface area contributed by atoms with E-state index in [1.807, 2.05) is 0 Å². The Hall–Kier alpha value is -1.93. The van der Waals surface area contributed by atoms with E-state index in [0.29, 0.717) is 17.0 Å². The fourth-order valence-corrected chi connectivity index (χ4v) is 1.71. The van der Waals surface area contributed by atoms with Crippen LogP contribution in [-0.2, 0) is 17.1 Å². The average molecular weight is 329 g/mol. The Balaban J connectivity index is 3.42. The molecule has 0 bridgehead atoms. The summed E-state index contributed by atoms with van der Waals surface area (Å²) in [6.45, 7) is 2.68. The Morgan fingerprint density at radius 1 is 1.00 bits per heavy atom. The van der Waals surface area contributed by atoms with Crippen LogP contribution in [0.2, 0.25) is 0 Å². The van der Waals surface area contributed by atoms with Crippen molar-refractivity contribution in [3.8, 4) is 0 Å². The Bertz CT molecular complexity index is 506. The summed E-state index contributed by atoms with van der Waals surface area (Å²) in [6.07, 6.45) is -11.0. The molecule has 0 fully saturated rings. The first-order chi connectivity index (χ1) is 10.0. The van der Waals surface area contributed by atoms with E-state index in [-0.39, 0.29) is 19.2 Å². The van der Waals surface area contributed by atoms with Gasteiger partial charge in [0, 0.05) is 12.2 Å². The van der Waals surface area contributed by atoms with Crippen molar-refractivity contribution in [3.63, 3.8) is 0 Å². The largest absolute Gasteiger partial charge is 0.449 e. The van der Waals surface area contributed by atoms with E-state index in [1.165, 1.54) is 13.8 Å². The highest BCUT2D eigenvalue weighted by Crippen LogP contribution is 2.38. The van der Waals surface area contributed by atoms with Crippen molar-refractivity contribution >= 4 is 11.8 Å². The topological polar surface area (TPSA) is 29.5 Å². The van der Waals surface area contributed by atoms with Crippen molar-refractivity contribution < 1.29 is 35.9 Å². The molecule has 0 aliphatic rings. The second-order valence-corrected chi connectivity index (χ2v) is 4.21. The van der Waals surface area contributed by atoms with E-state index in [2.05, 4.69) is 4.74 Å². The Labute approximate surface area is 122 Å². The Morgan fingerprint density at radius 3 is 1.77 bits per heavy atom. The van der Waals surface area contributed by atoms with Crippen LogP contribution < -0.4 is 4.90 Å². The molecule has 0 aliphatic carbocycles. The number of halogens is 6. The molecule has 22 heavy (non-hydrogen) atoms. The van der Waals surface area contributed by atoms with Crippen molar-refractivity contribution in [3.05, 3.63) is 29.3 Å². The number of carbonyl (C=O) groups is 1. The second kappa shape index (κ2) is 6.45. The molecule has 3 nitrogen and oxygen atoms in total. The average Bonchev–Trinajstić information content (AvgIpc) is 2.37. The molecule has 0 aliphatic heterocycles. The van der Waals surface area contributed by atoms with Crippen LogP contribution in [0, 0.1) is 0 Å². The van der Waals surface area contributed by atoms with Gasteiger partial charge in [-0.15, -0.1) is 0 Å². The smallest absolute Gasteiger partial charge is 0.416 e. The van der Waals surface area contributed by atoms with Crippen LogP contribution in [0.15, 0.2) is 18.2 Å². The molecule has 0 aromatic heterocycles. The van der Waals surface area contributed by atoms with Gasteiger partial charge >= 0.3 is 18.4 Å². The number of ether oxygens (including phenoxy) is 1. The molecule has 1 rings (SSSR count). The third kappa shape index (κ3) is 4.28. The predicted molar refractivity (Wildman–Crippen MR) is 66.5 cm³/mol. The van der Waals surface area contributed by atoms with Crippen LogP contribution >= 0.6 is 0 Å². The minimum atomic E-state index is -4.97. The lowest BCUT2D eigenvalue weighted by Crippen LogP contribution is -2.31. The fraction of sp³-hybridized carbons (Fsp3) is 0.462. The normalized spacial score (nSPS) is 12.2. The lowest BCUT2D eigenvalue weighted by atomic mass is 10.1. The van der Waals surface area contributed by atoms with Gasteiger partial charge in [-0.1, -0.05) is 0 Å². The lowest BCUT2D eigenvalue weighted by molar-refractivity contribution is -0.143. The van der Waals surface area contributed by atoms with Gasteiger partial charge in [0.05, 0.1) is 17.7 Å². The van der Waals surface area contributed by atoms with Crippen molar-refractivity contribution in [1.29, 1.82) is 0 Å². The van der Waals surface area contributed by atoms with Gasteiger partial charge in [-0.25, -0.2) is 4.79 Å². The minimum absolute atomic E-state index is 0.00247. The van der Waals surface area contributed by atoms with Crippen LogP contribution in [-0.4, -0.2) is 19.2 Å². The molecule has 0 atom stereocenters. The van der Waals surface area contributed by atoms with Crippen LogP contribution in [0.5, 0.6) is 0 Å². The summed E-state index contributed by atoms with van der Waals surface area (Å²) in [5.74, 6) is 0. The van der Waals surface area contributed by atoms with Crippen molar-refractivity contribution in [2.75, 3.05) is 18.1 Å². The lowest BCUT2D eigenvalue weighted by Gasteiger charge is -2.22. The van der Waals surface area contributed by atoms with Crippen molar-refractivity contribution in [2.45, 2.75) is 26.2 Å². The van der Waals surface area contributed by atoms with Gasteiger partial charge in [0.2, 0.25) is 0 Å². The molecule has 1 aromatic carbocycles. The van der Waals surface area contributed by atoms with E-state index < -0.39 is 35.3 Å². The summed E-state index contributed by atoms with van der Waals surface area (Å²) >= 11 is 0. The van der Waals surface area contributed by atoms with Crippen LogP contribution in [0.1, 0.15) is 25.0 Å². The summed E-state index contributed by atoms with van der Waals surface area (Å²) < 4.78 is 81.1. The first-order valence-electron chi connectivity index (χ1n) is 6.24. The third-order valence-electron chi connectivity index (χ3n) is 2.69. The maximum Gasteiger partial charge on any atom is 0.416 e. The number of nitrogens with zero attached hydrogens (tertiary/aromatic N) is 1. The number of anilines is 1. The summed E-state index contributed by atoms with van der Waals surface area (Å²) in [4.78, 5) is 12.3. The highest BCUT2D eigenvalue weighted by molar-refractivity contribution is 5.87. The molecular formula is C13H13F6NO2. The minimum Gasteiger partial charge on any atom is -0.449 e. The number of carbonyl (C=O) groups excluding carboxylic acids is 1. The highest BCUT2D eigenvalue weighted by atomic mass is 19.4. The summed E-state index contributed by atoms with van der Waals surface area (Å²) in [6, 6.07) is 0.966. The number of rotatable bonds is 3. The summed E-state index contributed by atoms with van der Waals surface area (Å²) in [5.41, 5.74) is -3.50. The van der Waals surface area contributed by atoms with Crippen molar-refractivity contribution in [2.24, 2.45) is 0 Å². The highest BCUT2D eigenvalue weighted by Gasteiger charge is 2.37. The van der Waals surface area contributed by atoms with Gasteiger partial charge in [0.1, 0.15) is 0 Å². The summed E-state index contributed by atoms with van der Waals surface area (Å²) in [7, 11) is 0. The number of hydrogen-bond acceptors (Lipinski definition) is 2. The molecule has 0 N–H and O–H groups in total. The molecule has 124 valence electrons. The van der Waals surface area contributed by atoms with Gasteiger partial charge in [-0.05, 0) is 32.0 Å². The van der Waals surface area contributed by atoms with Crippen LogP contribution in [0.25, 0.3) is 0 Å². The maximum atomic E-state index is 12.8. The fourth-order valence-electron chi connectivity index (χ4n) is 1.71. The number of benzene rings is 1. The van der Waals surface area contributed by atoms with Crippen molar-refractivity contribution in [1.82, 2.24) is 0 Å². The van der Waals surface area contributed by atoms with Gasteiger partial charge in [0.25, 0.3) is 0 Å². The molecule has 0 radical (unpaired) electrons. The summed E-state index contributed by atoms with van der Waals surface area (Å²) in [5, 5.41) is 0. The van der Waals surface area contributed by atoms with E-state index in [1.54, 1.807) is 0 Å². The Kier molecular flexibility index (Phi) is 5.31. The zero-order valence-corrected chi connectivity index (χ0v) is 11.7. The SMILES string of the molecule is CCOC(=O)N(CC)c1cc(C(F)(F)F)cc(C(F)(F)F)c1. The molecule has 0 unspecified atom stereocenters. The van der Waals surface area contributed by atoms with Gasteiger partial charge in [0.15, 0.2) is 0 Å². The quantitative estimate of drug-likeness (QED) is 0.752. The predicted octanol–water partition coefficient (Wildman–Crippen LogP) is 4.71.